The minimum atomic E-state index is -0.277. The lowest BCUT2D eigenvalue weighted by Gasteiger charge is -2.17. The number of hydrogen-bond acceptors (Lipinski definition) is 2. The SMILES string of the molecule is CN(CC(=O)Nc1ccccc1Cl)C(=O)CCc1c[nH]c2ccccc12. The van der Waals surface area contributed by atoms with Crippen molar-refractivity contribution in [2.75, 3.05) is 18.9 Å². The molecular weight excluding hydrogens is 350 g/mol. The van der Waals surface area contributed by atoms with Crippen LogP contribution in [-0.2, 0) is 16.0 Å². The number of nitrogens with zero attached hydrogens (tertiary/aromatic N) is 1. The number of aromatic nitrogens is 1. The van der Waals surface area contributed by atoms with Gasteiger partial charge in [0, 0.05) is 30.6 Å². The third-order valence-electron chi connectivity index (χ3n) is 4.24. The highest BCUT2D eigenvalue weighted by Crippen LogP contribution is 2.21. The predicted octanol–water partition coefficient (Wildman–Crippen LogP) is 3.85. The summed E-state index contributed by atoms with van der Waals surface area (Å²) >= 11 is 6.02. The molecule has 1 heterocycles. The van der Waals surface area contributed by atoms with Gasteiger partial charge in [0.1, 0.15) is 0 Å². The van der Waals surface area contributed by atoms with E-state index in [4.69, 9.17) is 11.6 Å². The van der Waals surface area contributed by atoms with Crippen molar-refractivity contribution in [1.82, 2.24) is 9.88 Å². The van der Waals surface area contributed by atoms with Crippen LogP contribution in [0.15, 0.2) is 54.7 Å². The van der Waals surface area contributed by atoms with Crippen LogP contribution in [0.5, 0.6) is 0 Å². The van der Waals surface area contributed by atoms with E-state index in [0.29, 0.717) is 23.6 Å². The van der Waals surface area contributed by atoms with Gasteiger partial charge >= 0.3 is 0 Å². The Bertz CT molecular complexity index is 935. The van der Waals surface area contributed by atoms with Gasteiger partial charge in [-0.15, -0.1) is 0 Å². The summed E-state index contributed by atoms with van der Waals surface area (Å²) in [5.41, 5.74) is 2.70. The molecule has 0 aliphatic heterocycles. The van der Waals surface area contributed by atoms with E-state index in [2.05, 4.69) is 10.3 Å². The number of H-pyrrole nitrogens is 1. The number of para-hydroxylation sites is 2. The van der Waals surface area contributed by atoms with Gasteiger partial charge in [0.15, 0.2) is 0 Å². The summed E-state index contributed by atoms with van der Waals surface area (Å²) in [6, 6.07) is 15.0. The fourth-order valence-electron chi connectivity index (χ4n) is 2.83. The first-order valence-corrected chi connectivity index (χ1v) is 8.75. The topological polar surface area (TPSA) is 65.2 Å². The Hall–Kier alpha value is -2.79. The van der Waals surface area contributed by atoms with Crippen molar-refractivity contribution in [3.8, 4) is 0 Å². The normalized spacial score (nSPS) is 10.7. The first-order valence-electron chi connectivity index (χ1n) is 8.38. The van der Waals surface area contributed by atoms with Crippen molar-refractivity contribution in [3.05, 3.63) is 65.3 Å². The second-order valence-electron chi connectivity index (χ2n) is 6.14. The molecule has 26 heavy (non-hydrogen) atoms. The molecule has 0 unspecified atom stereocenters. The fourth-order valence-corrected chi connectivity index (χ4v) is 3.01. The number of likely N-dealkylation sites (N-methyl/N-ethyl adjacent to an activating group) is 1. The van der Waals surface area contributed by atoms with E-state index in [1.54, 1.807) is 31.3 Å². The Balaban J connectivity index is 1.53. The average Bonchev–Trinajstić information content (AvgIpc) is 3.04. The quantitative estimate of drug-likeness (QED) is 0.693. The molecule has 2 N–H and O–H groups in total. The molecule has 1 aromatic heterocycles. The van der Waals surface area contributed by atoms with Crippen LogP contribution >= 0.6 is 11.6 Å². The predicted molar refractivity (Wildman–Crippen MR) is 104 cm³/mol. The largest absolute Gasteiger partial charge is 0.361 e. The number of hydrogen-bond donors (Lipinski definition) is 2. The Kier molecular flexibility index (Phi) is 5.58. The molecule has 2 aromatic carbocycles. The van der Waals surface area contributed by atoms with E-state index >= 15 is 0 Å². The lowest BCUT2D eigenvalue weighted by Crippen LogP contribution is -2.35. The van der Waals surface area contributed by atoms with Gasteiger partial charge < -0.3 is 15.2 Å². The summed E-state index contributed by atoms with van der Waals surface area (Å²) in [7, 11) is 1.63. The maximum absolute atomic E-state index is 12.3. The molecule has 0 aliphatic carbocycles. The molecule has 0 spiro atoms. The maximum Gasteiger partial charge on any atom is 0.244 e. The first-order chi connectivity index (χ1) is 12.5. The zero-order valence-electron chi connectivity index (χ0n) is 14.5. The van der Waals surface area contributed by atoms with E-state index in [9.17, 15) is 9.59 Å². The lowest BCUT2D eigenvalue weighted by molar-refractivity contribution is -0.133. The summed E-state index contributed by atoms with van der Waals surface area (Å²) in [5.74, 6) is -0.356. The molecule has 0 aliphatic rings. The van der Waals surface area contributed by atoms with Gasteiger partial charge in [-0.2, -0.15) is 0 Å². The van der Waals surface area contributed by atoms with Crippen LogP contribution in [0, 0.1) is 0 Å². The zero-order chi connectivity index (χ0) is 18.5. The summed E-state index contributed by atoms with van der Waals surface area (Å²) < 4.78 is 0. The van der Waals surface area contributed by atoms with E-state index in [-0.39, 0.29) is 18.4 Å². The first kappa shape index (κ1) is 18.0. The number of benzene rings is 2. The Morgan fingerprint density at radius 3 is 2.65 bits per heavy atom. The molecule has 0 bridgehead atoms. The molecule has 3 rings (SSSR count). The van der Waals surface area contributed by atoms with E-state index in [1.165, 1.54) is 4.90 Å². The number of carbonyl (C=O) groups is 2. The number of halogens is 1. The van der Waals surface area contributed by atoms with Crippen LogP contribution in [0.25, 0.3) is 10.9 Å². The highest BCUT2D eigenvalue weighted by atomic mass is 35.5. The second kappa shape index (κ2) is 8.06. The fraction of sp³-hybridized carbons (Fsp3) is 0.200. The minimum absolute atomic E-state index is 0.0159. The number of rotatable bonds is 6. The highest BCUT2D eigenvalue weighted by molar-refractivity contribution is 6.33. The molecule has 6 heteroatoms. The second-order valence-corrected chi connectivity index (χ2v) is 6.54. The summed E-state index contributed by atoms with van der Waals surface area (Å²) in [6.07, 6.45) is 2.90. The molecule has 2 amide bonds. The minimum Gasteiger partial charge on any atom is -0.361 e. The molecule has 0 saturated heterocycles. The van der Waals surface area contributed by atoms with Gasteiger partial charge in [-0.1, -0.05) is 41.9 Å². The third kappa shape index (κ3) is 4.24. The van der Waals surface area contributed by atoms with Gasteiger partial charge in [-0.25, -0.2) is 0 Å². The van der Waals surface area contributed by atoms with Crippen LogP contribution in [0.4, 0.5) is 5.69 Å². The molecule has 0 fully saturated rings. The van der Waals surface area contributed by atoms with Crippen LogP contribution in [0.2, 0.25) is 5.02 Å². The number of amides is 2. The van der Waals surface area contributed by atoms with Crippen molar-refractivity contribution in [1.29, 1.82) is 0 Å². The summed E-state index contributed by atoms with van der Waals surface area (Å²) in [6.45, 7) is -0.0159. The smallest absolute Gasteiger partial charge is 0.244 e. The molecule has 5 nitrogen and oxygen atoms in total. The summed E-state index contributed by atoms with van der Waals surface area (Å²) in [5, 5.41) is 4.31. The molecule has 0 radical (unpaired) electrons. The van der Waals surface area contributed by atoms with Gasteiger partial charge in [0.25, 0.3) is 0 Å². The number of anilines is 1. The van der Waals surface area contributed by atoms with E-state index in [1.807, 2.05) is 30.5 Å². The number of carbonyl (C=O) groups excluding carboxylic acids is 2. The van der Waals surface area contributed by atoms with Crippen molar-refractivity contribution >= 4 is 40.0 Å². The lowest BCUT2D eigenvalue weighted by atomic mass is 10.1. The van der Waals surface area contributed by atoms with Gasteiger partial charge in [0.2, 0.25) is 11.8 Å². The van der Waals surface area contributed by atoms with Crippen molar-refractivity contribution < 1.29 is 9.59 Å². The molecule has 134 valence electrons. The van der Waals surface area contributed by atoms with E-state index < -0.39 is 0 Å². The van der Waals surface area contributed by atoms with Crippen LogP contribution in [0.1, 0.15) is 12.0 Å². The average molecular weight is 370 g/mol. The Morgan fingerprint density at radius 2 is 1.85 bits per heavy atom. The van der Waals surface area contributed by atoms with Crippen molar-refractivity contribution in [2.24, 2.45) is 0 Å². The molecule has 0 saturated carbocycles. The van der Waals surface area contributed by atoms with Gasteiger partial charge in [0.05, 0.1) is 17.3 Å². The molecule has 0 atom stereocenters. The van der Waals surface area contributed by atoms with Crippen LogP contribution < -0.4 is 5.32 Å². The monoisotopic (exact) mass is 369 g/mol. The number of aryl methyl sites for hydroxylation is 1. The van der Waals surface area contributed by atoms with Gasteiger partial charge in [-0.3, -0.25) is 9.59 Å². The molecule has 3 aromatic rings. The highest BCUT2D eigenvalue weighted by Gasteiger charge is 2.14. The molecular formula is C20H20ClN3O2. The summed E-state index contributed by atoms with van der Waals surface area (Å²) in [4.78, 5) is 29.1. The number of aromatic amines is 1. The number of fused-ring (bicyclic) bond motifs is 1. The van der Waals surface area contributed by atoms with Crippen LogP contribution in [0.3, 0.4) is 0 Å². The van der Waals surface area contributed by atoms with Crippen LogP contribution in [-0.4, -0.2) is 35.3 Å². The maximum atomic E-state index is 12.3. The van der Waals surface area contributed by atoms with Gasteiger partial charge in [-0.05, 0) is 30.2 Å². The van der Waals surface area contributed by atoms with Crippen molar-refractivity contribution in [3.63, 3.8) is 0 Å². The van der Waals surface area contributed by atoms with E-state index in [0.717, 1.165) is 16.5 Å². The number of nitrogens with one attached hydrogen (secondary N) is 2. The third-order valence-corrected chi connectivity index (χ3v) is 4.57. The Morgan fingerprint density at radius 1 is 1.12 bits per heavy atom. The zero-order valence-corrected chi connectivity index (χ0v) is 15.2. The Labute approximate surface area is 157 Å². The standard InChI is InChI=1S/C20H20ClN3O2/c1-24(13-19(25)23-18-9-5-3-7-16(18)21)20(26)11-10-14-12-22-17-8-4-2-6-15(14)17/h2-9,12,22H,10-11,13H2,1H3,(H,23,25). The van der Waals surface area contributed by atoms with Crippen molar-refractivity contribution in [2.45, 2.75) is 12.8 Å².